The minimum absolute atomic E-state index is 0.175. The molecule has 1 aromatic rings. The Morgan fingerprint density at radius 2 is 2.24 bits per heavy atom. The number of aryl methyl sites for hydroxylation is 1. The van der Waals surface area contributed by atoms with Gasteiger partial charge in [-0.3, -0.25) is 0 Å². The van der Waals surface area contributed by atoms with Gasteiger partial charge in [-0.1, -0.05) is 6.92 Å². The Morgan fingerprint density at radius 3 is 2.94 bits per heavy atom. The van der Waals surface area contributed by atoms with Crippen LogP contribution in [-0.4, -0.2) is 29.7 Å². The molecule has 4 heteroatoms. The van der Waals surface area contributed by atoms with E-state index in [1.165, 1.54) is 17.0 Å². The van der Waals surface area contributed by atoms with E-state index in [1.807, 2.05) is 6.92 Å². The number of fused-ring (bicyclic) bond motifs is 1. The molecule has 17 heavy (non-hydrogen) atoms. The van der Waals surface area contributed by atoms with Crippen LogP contribution in [0.2, 0.25) is 0 Å². The summed E-state index contributed by atoms with van der Waals surface area (Å²) in [6.07, 6.45) is 3.00. The van der Waals surface area contributed by atoms with E-state index in [9.17, 15) is 0 Å². The lowest BCUT2D eigenvalue weighted by Crippen LogP contribution is -2.27. The van der Waals surface area contributed by atoms with Gasteiger partial charge in [-0.25, -0.2) is 9.97 Å². The van der Waals surface area contributed by atoms with Crippen molar-refractivity contribution in [1.82, 2.24) is 15.3 Å². The minimum atomic E-state index is 0.175. The lowest BCUT2D eigenvalue weighted by molar-refractivity contribution is 0.117. The smallest absolute Gasteiger partial charge is 0.131 e. The van der Waals surface area contributed by atoms with Gasteiger partial charge in [0.1, 0.15) is 5.82 Å². The molecule has 1 aliphatic heterocycles. The van der Waals surface area contributed by atoms with Crippen LogP contribution in [0.25, 0.3) is 0 Å². The van der Waals surface area contributed by atoms with Crippen molar-refractivity contribution in [2.45, 2.75) is 45.8 Å². The number of rotatable bonds is 4. The maximum atomic E-state index is 5.28. The van der Waals surface area contributed by atoms with Gasteiger partial charge in [0.25, 0.3) is 0 Å². The molecule has 1 N–H and O–H groups in total. The molecule has 4 nitrogen and oxygen atoms in total. The van der Waals surface area contributed by atoms with Crippen LogP contribution in [0.3, 0.4) is 0 Å². The molecule has 1 aliphatic rings. The van der Waals surface area contributed by atoms with E-state index in [-0.39, 0.29) is 6.10 Å². The fourth-order valence-corrected chi connectivity index (χ4v) is 2.22. The van der Waals surface area contributed by atoms with Gasteiger partial charge in [-0.2, -0.15) is 0 Å². The molecule has 0 aromatic carbocycles. The van der Waals surface area contributed by atoms with Gasteiger partial charge in [0.2, 0.25) is 0 Å². The molecule has 2 heterocycles. The second-order valence-corrected chi connectivity index (χ2v) is 4.54. The first-order chi connectivity index (χ1) is 8.24. The van der Waals surface area contributed by atoms with Crippen molar-refractivity contribution < 1.29 is 4.74 Å². The Balaban J connectivity index is 2.29. The highest BCUT2D eigenvalue weighted by Gasteiger charge is 2.17. The summed E-state index contributed by atoms with van der Waals surface area (Å²) in [5.74, 6) is 0.915. The largest absolute Gasteiger partial charge is 0.381 e. The standard InChI is InChI=1S/C13H21N3O/c1-4-11-10-5-6-14-8-12(10)16-13(15-11)7-9(2)17-3/h9,14H,4-8H2,1-3H3. The van der Waals surface area contributed by atoms with Crippen LogP contribution in [0.1, 0.15) is 36.6 Å². The van der Waals surface area contributed by atoms with E-state index in [0.717, 1.165) is 38.2 Å². The lowest BCUT2D eigenvalue weighted by atomic mass is 10.0. The van der Waals surface area contributed by atoms with E-state index >= 15 is 0 Å². The van der Waals surface area contributed by atoms with Crippen LogP contribution in [0, 0.1) is 0 Å². The summed E-state index contributed by atoms with van der Waals surface area (Å²) < 4.78 is 5.28. The summed E-state index contributed by atoms with van der Waals surface area (Å²) in [7, 11) is 1.73. The van der Waals surface area contributed by atoms with Crippen LogP contribution >= 0.6 is 0 Å². The zero-order valence-electron chi connectivity index (χ0n) is 10.9. The molecule has 94 valence electrons. The fourth-order valence-electron chi connectivity index (χ4n) is 2.22. The molecule has 0 saturated heterocycles. The van der Waals surface area contributed by atoms with Crippen molar-refractivity contribution in [3.05, 3.63) is 22.8 Å². The molecule has 0 amide bonds. The van der Waals surface area contributed by atoms with E-state index in [0.29, 0.717) is 0 Å². The fraction of sp³-hybridized carbons (Fsp3) is 0.692. The first kappa shape index (κ1) is 12.5. The van der Waals surface area contributed by atoms with Crippen molar-refractivity contribution in [1.29, 1.82) is 0 Å². The highest BCUT2D eigenvalue weighted by atomic mass is 16.5. The number of methoxy groups -OCH3 is 1. The molecule has 0 aliphatic carbocycles. The monoisotopic (exact) mass is 235 g/mol. The number of aromatic nitrogens is 2. The van der Waals surface area contributed by atoms with Crippen molar-refractivity contribution in [2.75, 3.05) is 13.7 Å². The summed E-state index contributed by atoms with van der Waals surface area (Å²) in [5, 5.41) is 3.37. The lowest BCUT2D eigenvalue weighted by Gasteiger charge is -2.20. The third kappa shape index (κ3) is 2.82. The summed E-state index contributed by atoms with van der Waals surface area (Å²) >= 11 is 0. The maximum absolute atomic E-state index is 5.28. The maximum Gasteiger partial charge on any atom is 0.131 e. The Kier molecular flexibility index (Phi) is 4.07. The van der Waals surface area contributed by atoms with Crippen LogP contribution in [-0.2, 0) is 30.5 Å². The zero-order valence-corrected chi connectivity index (χ0v) is 10.9. The highest BCUT2D eigenvalue weighted by molar-refractivity contribution is 5.28. The van der Waals surface area contributed by atoms with Gasteiger partial charge in [-0.15, -0.1) is 0 Å². The molecule has 0 bridgehead atoms. The van der Waals surface area contributed by atoms with E-state index in [2.05, 4.69) is 22.2 Å². The third-order valence-corrected chi connectivity index (χ3v) is 3.28. The molecule has 1 atom stereocenters. The summed E-state index contributed by atoms with van der Waals surface area (Å²) in [6, 6.07) is 0. The van der Waals surface area contributed by atoms with Crippen LogP contribution in [0.5, 0.6) is 0 Å². The van der Waals surface area contributed by atoms with Gasteiger partial charge >= 0.3 is 0 Å². The van der Waals surface area contributed by atoms with Gasteiger partial charge in [0.05, 0.1) is 11.8 Å². The number of nitrogens with one attached hydrogen (secondary N) is 1. The molecule has 2 rings (SSSR count). The third-order valence-electron chi connectivity index (χ3n) is 3.28. The van der Waals surface area contributed by atoms with Crippen LogP contribution < -0.4 is 5.32 Å². The van der Waals surface area contributed by atoms with Gasteiger partial charge < -0.3 is 10.1 Å². The summed E-state index contributed by atoms with van der Waals surface area (Å²) in [6.45, 7) is 6.12. The van der Waals surface area contributed by atoms with Gasteiger partial charge in [0, 0.05) is 25.8 Å². The van der Waals surface area contributed by atoms with Crippen LogP contribution in [0.4, 0.5) is 0 Å². The topological polar surface area (TPSA) is 47.0 Å². The normalized spacial score (nSPS) is 16.6. The first-order valence-electron chi connectivity index (χ1n) is 6.35. The SMILES string of the molecule is CCc1nc(CC(C)OC)nc2c1CCNC2. The van der Waals surface area contributed by atoms with Crippen LogP contribution in [0.15, 0.2) is 0 Å². The number of nitrogens with zero attached hydrogens (tertiary/aromatic N) is 2. The Morgan fingerprint density at radius 1 is 1.41 bits per heavy atom. The second-order valence-electron chi connectivity index (χ2n) is 4.54. The Hall–Kier alpha value is -1.00. The highest BCUT2D eigenvalue weighted by Crippen LogP contribution is 2.17. The molecular formula is C13H21N3O. The minimum Gasteiger partial charge on any atom is -0.381 e. The molecule has 0 spiro atoms. The van der Waals surface area contributed by atoms with Gasteiger partial charge in [-0.05, 0) is 31.9 Å². The summed E-state index contributed by atoms with van der Waals surface area (Å²) in [4.78, 5) is 9.33. The Labute approximate surface area is 103 Å². The average molecular weight is 235 g/mol. The molecule has 0 radical (unpaired) electrons. The van der Waals surface area contributed by atoms with Gasteiger partial charge in [0.15, 0.2) is 0 Å². The molecular weight excluding hydrogens is 214 g/mol. The van der Waals surface area contributed by atoms with Crippen molar-refractivity contribution >= 4 is 0 Å². The van der Waals surface area contributed by atoms with Crippen molar-refractivity contribution in [2.24, 2.45) is 0 Å². The van der Waals surface area contributed by atoms with E-state index in [4.69, 9.17) is 4.74 Å². The quantitative estimate of drug-likeness (QED) is 0.853. The van der Waals surface area contributed by atoms with Crippen molar-refractivity contribution in [3.63, 3.8) is 0 Å². The Bertz CT molecular complexity index is 375. The molecule has 0 fully saturated rings. The van der Waals surface area contributed by atoms with E-state index < -0.39 is 0 Å². The number of hydrogen-bond donors (Lipinski definition) is 1. The first-order valence-corrected chi connectivity index (χ1v) is 6.35. The van der Waals surface area contributed by atoms with Crippen molar-refractivity contribution in [3.8, 4) is 0 Å². The molecule has 1 aromatic heterocycles. The number of ether oxygens (including phenoxy) is 1. The molecule has 0 saturated carbocycles. The average Bonchev–Trinajstić information content (AvgIpc) is 2.37. The predicted molar refractivity (Wildman–Crippen MR) is 67.0 cm³/mol. The zero-order chi connectivity index (χ0) is 12.3. The summed E-state index contributed by atoms with van der Waals surface area (Å²) in [5.41, 5.74) is 3.76. The van der Waals surface area contributed by atoms with E-state index in [1.54, 1.807) is 7.11 Å². The molecule has 1 unspecified atom stereocenters. The predicted octanol–water partition coefficient (Wildman–Crippen LogP) is 1.26. The second kappa shape index (κ2) is 5.56. The number of hydrogen-bond acceptors (Lipinski definition) is 4.